The number of hydrogen-bond donors (Lipinski definition) is 1. The molecule has 13 heavy (non-hydrogen) atoms. The van der Waals surface area contributed by atoms with Crippen LogP contribution in [0, 0.1) is 12.7 Å². The van der Waals surface area contributed by atoms with Crippen LogP contribution in [0.4, 0.5) is 4.39 Å². The third-order valence-electron chi connectivity index (χ3n) is 1.97. The fraction of sp³-hybridized carbons (Fsp3) is 0.400. The molecule has 0 saturated carbocycles. The number of nitrogens with one attached hydrogen (secondary N) is 1. The molecule has 1 aromatic carbocycles. The fourth-order valence-corrected chi connectivity index (χ4v) is 1.48. The maximum atomic E-state index is 13.3. The lowest BCUT2D eigenvalue weighted by molar-refractivity contribution is 0.603. The highest BCUT2D eigenvalue weighted by Crippen LogP contribution is 2.20. The topological polar surface area (TPSA) is 12.0 Å². The van der Waals surface area contributed by atoms with Crippen LogP contribution in [0.15, 0.2) is 16.6 Å². The summed E-state index contributed by atoms with van der Waals surface area (Å²) in [5.41, 5.74) is 1.85. The van der Waals surface area contributed by atoms with Crippen LogP contribution in [0.1, 0.15) is 11.1 Å². The average Bonchev–Trinajstić information content (AvgIpc) is 2.09. The van der Waals surface area contributed by atoms with Gasteiger partial charge in [-0.25, -0.2) is 4.39 Å². The van der Waals surface area contributed by atoms with E-state index in [-0.39, 0.29) is 5.82 Å². The number of rotatable bonds is 3. The van der Waals surface area contributed by atoms with Crippen molar-refractivity contribution in [1.29, 1.82) is 0 Å². The monoisotopic (exact) mass is 245 g/mol. The first-order valence-electron chi connectivity index (χ1n) is 4.24. The van der Waals surface area contributed by atoms with E-state index in [1.165, 1.54) is 6.07 Å². The fourth-order valence-electron chi connectivity index (χ4n) is 1.17. The van der Waals surface area contributed by atoms with E-state index in [4.69, 9.17) is 0 Å². The second kappa shape index (κ2) is 4.72. The van der Waals surface area contributed by atoms with Crippen LogP contribution in [-0.4, -0.2) is 13.6 Å². The molecular weight excluding hydrogens is 233 g/mol. The zero-order valence-electron chi connectivity index (χ0n) is 7.82. The van der Waals surface area contributed by atoms with E-state index in [0.29, 0.717) is 0 Å². The summed E-state index contributed by atoms with van der Waals surface area (Å²) < 4.78 is 14.1. The van der Waals surface area contributed by atoms with Crippen LogP contribution >= 0.6 is 15.9 Å². The van der Waals surface area contributed by atoms with Crippen molar-refractivity contribution in [2.45, 2.75) is 13.3 Å². The van der Waals surface area contributed by atoms with Gasteiger partial charge in [0.1, 0.15) is 5.82 Å². The van der Waals surface area contributed by atoms with Crippen molar-refractivity contribution in [3.63, 3.8) is 0 Å². The largest absolute Gasteiger partial charge is 0.319 e. The molecule has 1 nitrogen and oxygen atoms in total. The van der Waals surface area contributed by atoms with Crippen molar-refractivity contribution in [3.05, 3.63) is 33.5 Å². The summed E-state index contributed by atoms with van der Waals surface area (Å²) in [6.07, 6.45) is 0.733. The maximum absolute atomic E-state index is 13.3. The summed E-state index contributed by atoms with van der Waals surface area (Å²) in [7, 11) is 1.86. The van der Waals surface area contributed by atoms with Gasteiger partial charge in [-0.2, -0.15) is 0 Å². The summed E-state index contributed by atoms with van der Waals surface area (Å²) in [5, 5.41) is 3.00. The summed E-state index contributed by atoms with van der Waals surface area (Å²) >= 11 is 3.29. The Kier molecular flexibility index (Phi) is 3.88. The smallest absolute Gasteiger partial charge is 0.127 e. The second-order valence-corrected chi connectivity index (χ2v) is 3.90. The Bertz CT molecular complexity index is 299. The van der Waals surface area contributed by atoms with Gasteiger partial charge < -0.3 is 5.32 Å². The molecule has 0 fully saturated rings. The van der Waals surface area contributed by atoms with Gasteiger partial charge >= 0.3 is 0 Å². The van der Waals surface area contributed by atoms with Crippen LogP contribution < -0.4 is 5.32 Å². The first-order chi connectivity index (χ1) is 6.15. The van der Waals surface area contributed by atoms with Crippen LogP contribution in [-0.2, 0) is 6.42 Å². The molecule has 1 rings (SSSR count). The van der Waals surface area contributed by atoms with Crippen molar-refractivity contribution < 1.29 is 4.39 Å². The molecular formula is C10H13BrFN. The molecule has 0 aromatic heterocycles. The van der Waals surface area contributed by atoms with E-state index < -0.39 is 0 Å². The number of aryl methyl sites for hydroxylation is 1. The number of hydrogen-bond acceptors (Lipinski definition) is 1. The molecule has 3 heteroatoms. The number of halogens is 2. The van der Waals surface area contributed by atoms with Crippen molar-refractivity contribution in [1.82, 2.24) is 5.32 Å². The van der Waals surface area contributed by atoms with Gasteiger partial charge in [0.15, 0.2) is 0 Å². The Morgan fingerprint density at radius 1 is 1.46 bits per heavy atom. The Hall–Kier alpha value is -0.410. The maximum Gasteiger partial charge on any atom is 0.127 e. The third kappa shape index (κ3) is 2.78. The van der Waals surface area contributed by atoms with Crippen LogP contribution in [0.3, 0.4) is 0 Å². The molecule has 0 aliphatic rings. The van der Waals surface area contributed by atoms with Crippen LogP contribution in [0.25, 0.3) is 0 Å². The van der Waals surface area contributed by atoms with Crippen molar-refractivity contribution in [2.75, 3.05) is 13.6 Å². The van der Waals surface area contributed by atoms with E-state index in [2.05, 4.69) is 21.2 Å². The van der Waals surface area contributed by atoms with Gasteiger partial charge in [-0.1, -0.05) is 22.0 Å². The van der Waals surface area contributed by atoms with Gasteiger partial charge in [0.05, 0.1) is 0 Å². The van der Waals surface area contributed by atoms with E-state index >= 15 is 0 Å². The van der Waals surface area contributed by atoms with Gasteiger partial charge in [-0.3, -0.25) is 0 Å². The standard InChI is InChI=1S/C10H13BrFN/c1-7-5-8(3-4-13-2)10(12)6-9(7)11/h5-6,13H,3-4H2,1-2H3. The van der Waals surface area contributed by atoms with E-state index in [1.54, 1.807) is 0 Å². The lowest BCUT2D eigenvalue weighted by atomic mass is 10.1. The number of likely N-dealkylation sites (N-methyl/N-ethyl adjacent to an activating group) is 1. The molecule has 0 aliphatic heterocycles. The molecule has 0 heterocycles. The van der Waals surface area contributed by atoms with E-state index in [9.17, 15) is 4.39 Å². The van der Waals surface area contributed by atoms with Crippen molar-refractivity contribution in [2.24, 2.45) is 0 Å². The number of benzene rings is 1. The molecule has 0 saturated heterocycles. The van der Waals surface area contributed by atoms with Crippen LogP contribution in [0.2, 0.25) is 0 Å². The third-order valence-corrected chi connectivity index (χ3v) is 2.83. The highest BCUT2D eigenvalue weighted by atomic mass is 79.9. The van der Waals surface area contributed by atoms with Gasteiger partial charge in [0.25, 0.3) is 0 Å². The Balaban J connectivity index is 2.88. The molecule has 0 unspecified atom stereocenters. The molecule has 0 amide bonds. The Morgan fingerprint density at radius 2 is 2.15 bits per heavy atom. The quantitative estimate of drug-likeness (QED) is 0.864. The minimum atomic E-state index is -0.132. The van der Waals surface area contributed by atoms with Gasteiger partial charge in [-0.15, -0.1) is 0 Å². The first-order valence-corrected chi connectivity index (χ1v) is 5.03. The molecule has 0 radical (unpaired) electrons. The Labute approximate surface area is 86.5 Å². The lowest BCUT2D eigenvalue weighted by Crippen LogP contribution is -2.11. The molecule has 0 bridgehead atoms. The normalized spacial score (nSPS) is 10.5. The van der Waals surface area contributed by atoms with Crippen molar-refractivity contribution in [3.8, 4) is 0 Å². The average molecular weight is 246 g/mol. The van der Waals surface area contributed by atoms with Crippen LogP contribution in [0.5, 0.6) is 0 Å². The Morgan fingerprint density at radius 3 is 2.77 bits per heavy atom. The highest BCUT2D eigenvalue weighted by molar-refractivity contribution is 9.10. The second-order valence-electron chi connectivity index (χ2n) is 3.05. The molecule has 0 spiro atoms. The minimum Gasteiger partial charge on any atom is -0.319 e. The van der Waals surface area contributed by atoms with Crippen molar-refractivity contribution >= 4 is 15.9 Å². The summed E-state index contributed by atoms with van der Waals surface area (Å²) in [4.78, 5) is 0. The lowest BCUT2D eigenvalue weighted by Gasteiger charge is -2.05. The van der Waals surface area contributed by atoms with Gasteiger partial charge in [0.2, 0.25) is 0 Å². The van der Waals surface area contributed by atoms with E-state index in [0.717, 1.165) is 28.6 Å². The molecule has 0 atom stereocenters. The molecule has 1 aromatic rings. The molecule has 0 aliphatic carbocycles. The van der Waals surface area contributed by atoms with E-state index in [1.807, 2.05) is 20.0 Å². The zero-order valence-corrected chi connectivity index (χ0v) is 9.41. The molecule has 1 N–H and O–H groups in total. The highest BCUT2D eigenvalue weighted by Gasteiger charge is 2.04. The first kappa shape index (κ1) is 10.7. The van der Waals surface area contributed by atoms with Gasteiger partial charge in [0, 0.05) is 4.47 Å². The summed E-state index contributed by atoms with van der Waals surface area (Å²) in [6, 6.07) is 3.41. The molecule has 72 valence electrons. The summed E-state index contributed by atoms with van der Waals surface area (Å²) in [6.45, 7) is 2.77. The predicted molar refractivity (Wildman–Crippen MR) is 56.5 cm³/mol. The predicted octanol–water partition coefficient (Wildman–Crippen LogP) is 2.66. The van der Waals surface area contributed by atoms with Gasteiger partial charge in [-0.05, 0) is 44.1 Å². The zero-order chi connectivity index (χ0) is 9.84. The SMILES string of the molecule is CNCCc1cc(C)c(Br)cc1F. The summed E-state index contributed by atoms with van der Waals surface area (Å²) in [5.74, 6) is -0.132. The minimum absolute atomic E-state index is 0.132.